The minimum Gasteiger partial charge on any atom is -0.324 e. The van der Waals surface area contributed by atoms with Crippen LogP contribution in [0.4, 0.5) is 10.5 Å². The van der Waals surface area contributed by atoms with Crippen molar-refractivity contribution in [3.05, 3.63) is 84.1 Å². The van der Waals surface area contributed by atoms with Crippen molar-refractivity contribution in [3.8, 4) is 0 Å². The fourth-order valence-electron chi connectivity index (χ4n) is 3.10. The van der Waals surface area contributed by atoms with Crippen LogP contribution >= 0.6 is 0 Å². The Bertz CT molecular complexity index is 1100. The van der Waals surface area contributed by atoms with Crippen LogP contribution in [0.2, 0.25) is 0 Å². The Morgan fingerprint density at radius 2 is 1.64 bits per heavy atom. The van der Waals surface area contributed by atoms with Gasteiger partial charge >= 0.3 is 6.03 Å². The number of benzene rings is 3. The molecule has 4 rings (SSSR count). The van der Waals surface area contributed by atoms with Gasteiger partial charge in [0.2, 0.25) is 5.91 Å². The number of imide groups is 1. The van der Waals surface area contributed by atoms with Crippen LogP contribution in [0.1, 0.15) is 5.56 Å². The third kappa shape index (κ3) is 3.48. The van der Waals surface area contributed by atoms with Gasteiger partial charge in [-0.15, -0.1) is 0 Å². The van der Waals surface area contributed by atoms with E-state index in [9.17, 15) is 14.4 Å². The zero-order valence-corrected chi connectivity index (χ0v) is 14.9. The molecule has 3 aromatic rings. The first kappa shape index (κ1) is 17.5. The van der Waals surface area contributed by atoms with Crippen molar-refractivity contribution >= 4 is 40.4 Å². The average Bonchev–Trinajstić information content (AvgIpc) is 2.96. The summed E-state index contributed by atoms with van der Waals surface area (Å²) in [7, 11) is 0. The number of fused-ring (bicyclic) bond motifs is 1. The fraction of sp³-hybridized carbons (Fsp3) is 0.0455. The molecular weight excluding hydrogens is 354 g/mol. The summed E-state index contributed by atoms with van der Waals surface area (Å²) in [4.78, 5) is 38.0. The maximum Gasteiger partial charge on any atom is 0.329 e. The normalized spacial score (nSPS) is 15.1. The van der Waals surface area contributed by atoms with Gasteiger partial charge in [0.15, 0.2) is 0 Å². The van der Waals surface area contributed by atoms with Crippen molar-refractivity contribution in [2.45, 2.75) is 0 Å². The molecular formula is C22H17N3O3. The quantitative estimate of drug-likeness (QED) is 0.545. The zero-order chi connectivity index (χ0) is 19.5. The Kier molecular flexibility index (Phi) is 4.60. The number of amides is 4. The SMILES string of the molecule is O=C(CN1C(=O)N/C(=C\c2ccccc2)C1=O)Nc1cccc2ccccc12. The molecule has 28 heavy (non-hydrogen) atoms. The molecule has 0 radical (unpaired) electrons. The number of anilines is 1. The van der Waals surface area contributed by atoms with Crippen molar-refractivity contribution in [2.24, 2.45) is 0 Å². The summed E-state index contributed by atoms with van der Waals surface area (Å²) in [5.74, 6) is -0.970. The molecule has 4 amide bonds. The van der Waals surface area contributed by atoms with Gasteiger partial charge in [-0.2, -0.15) is 0 Å². The Hall–Kier alpha value is -3.93. The summed E-state index contributed by atoms with van der Waals surface area (Å²) in [5, 5.41) is 7.18. The number of nitrogens with zero attached hydrogens (tertiary/aromatic N) is 1. The number of hydrogen-bond acceptors (Lipinski definition) is 3. The molecule has 0 unspecified atom stereocenters. The largest absolute Gasteiger partial charge is 0.329 e. The molecule has 1 aliphatic heterocycles. The number of urea groups is 1. The highest BCUT2D eigenvalue weighted by molar-refractivity contribution is 6.16. The van der Waals surface area contributed by atoms with E-state index in [-0.39, 0.29) is 12.2 Å². The highest BCUT2D eigenvalue weighted by Gasteiger charge is 2.34. The fourth-order valence-corrected chi connectivity index (χ4v) is 3.10. The van der Waals surface area contributed by atoms with E-state index in [0.717, 1.165) is 21.2 Å². The second-order valence-corrected chi connectivity index (χ2v) is 6.37. The van der Waals surface area contributed by atoms with Gasteiger partial charge in [0.05, 0.1) is 0 Å². The summed E-state index contributed by atoms with van der Waals surface area (Å²) < 4.78 is 0. The van der Waals surface area contributed by atoms with Gasteiger partial charge < -0.3 is 10.6 Å². The molecule has 6 heteroatoms. The Morgan fingerprint density at radius 1 is 0.929 bits per heavy atom. The molecule has 6 nitrogen and oxygen atoms in total. The second kappa shape index (κ2) is 7.36. The van der Waals surface area contributed by atoms with Crippen molar-refractivity contribution in [3.63, 3.8) is 0 Å². The smallest absolute Gasteiger partial charge is 0.324 e. The third-order valence-corrected chi connectivity index (χ3v) is 4.44. The van der Waals surface area contributed by atoms with Crippen LogP contribution in [-0.4, -0.2) is 29.3 Å². The summed E-state index contributed by atoms with van der Waals surface area (Å²) >= 11 is 0. The summed E-state index contributed by atoms with van der Waals surface area (Å²) in [6.45, 7) is -0.361. The van der Waals surface area contributed by atoms with Crippen molar-refractivity contribution < 1.29 is 14.4 Å². The van der Waals surface area contributed by atoms with Crippen LogP contribution in [-0.2, 0) is 9.59 Å². The van der Waals surface area contributed by atoms with E-state index in [4.69, 9.17) is 0 Å². The standard InChI is InChI=1S/C22H17N3O3/c26-20(23-18-12-6-10-16-9-4-5-11-17(16)18)14-25-21(27)19(24-22(25)28)13-15-7-2-1-3-8-15/h1-13H,14H2,(H,23,26)(H,24,28)/b19-13-. The van der Waals surface area contributed by atoms with Gasteiger partial charge in [-0.05, 0) is 23.1 Å². The number of carbonyl (C=O) groups is 3. The molecule has 0 aromatic heterocycles. The molecule has 1 fully saturated rings. The van der Waals surface area contributed by atoms with Crippen LogP contribution < -0.4 is 10.6 Å². The van der Waals surface area contributed by atoms with Crippen LogP contribution in [0.15, 0.2) is 78.5 Å². The highest BCUT2D eigenvalue weighted by Crippen LogP contribution is 2.23. The maximum atomic E-state index is 12.5. The topological polar surface area (TPSA) is 78.5 Å². The molecule has 0 spiro atoms. The Morgan fingerprint density at radius 3 is 2.46 bits per heavy atom. The lowest BCUT2D eigenvalue weighted by Crippen LogP contribution is -2.38. The van der Waals surface area contributed by atoms with E-state index in [1.807, 2.05) is 66.7 Å². The average molecular weight is 371 g/mol. The molecule has 0 atom stereocenters. The van der Waals surface area contributed by atoms with E-state index in [1.54, 1.807) is 12.1 Å². The monoisotopic (exact) mass is 371 g/mol. The Labute approximate surface area is 161 Å². The van der Waals surface area contributed by atoms with E-state index >= 15 is 0 Å². The van der Waals surface area contributed by atoms with Gasteiger partial charge in [0, 0.05) is 11.1 Å². The van der Waals surface area contributed by atoms with Gasteiger partial charge in [0.25, 0.3) is 5.91 Å². The number of carbonyl (C=O) groups excluding carboxylic acids is 3. The zero-order valence-electron chi connectivity index (χ0n) is 14.9. The van der Waals surface area contributed by atoms with Crippen LogP contribution in [0.5, 0.6) is 0 Å². The molecule has 138 valence electrons. The van der Waals surface area contributed by atoms with Gasteiger partial charge in [0.1, 0.15) is 12.2 Å². The number of rotatable bonds is 4. The van der Waals surface area contributed by atoms with Crippen molar-refractivity contribution in [2.75, 3.05) is 11.9 Å². The molecule has 1 heterocycles. The van der Waals surface area contributed by atoms with Gasteiger partial charge in [-0.25, -0.2) is 9.69 Å². The Balaban J connectivity index is 1.49. The van der Waals surface area contributed by atoms with E-state index < -0.39 is 17.8 Å². The van der Waals surface area contributed by atoms with E-state index in [1.165, 1.54) is 0 Å². The molecule has 0 bridgehead atoms. The van der Waals surface area contributed by atoms with E-state index in [0.29, 0.717) is 5.69 Å². The van der Waals surface area contributed by atoms with Crippen molar-refractivity contribution in [1.29, 1.82) is 0 Å². The maximum absolute atomic E-state index is 12.5. The van der Waals surface area contributed by atoms with Crippen LogP contribution in [0.3, 0.4) is 0 Å². The summed E-state index contributed by atoms with van der Waals surface area (Å²) in [6.07, 6.45) is 1.59. The first-order valence-electron chi connectivity index (χ1n) is 8.79. The summed E-state index contributed by atoms with van der Waals surface area (Å²) in [6, 6.07) is 21.8. The predicted molar refractivity (Wildman–Crippen MR) is 107 cm³/mol. The lowest BCUT2D eigenvalue weighted by Gasteiger charge is -2.13. The molecule has 3 aromatic carbocycles. The van der Waals surface area contributed by atoms with Crippen LogP contribution in [0.25, 0.3) is 16.8 Å². The minimum atomic E-state index is -0.611. The molecule has 2 N–H and O–H groups in total. The van der Waals surface area contributed by atoms with Crippen LogP contribution in [0, 0.1) is 0 Å². The first-order chi connectivity index (χ1) is 13.6. The number of nitrogens with one attached hydrogen (secondary N) is 2. The summed E-state index contributed by atoms with van der Waals surface area (Å²) in [5.41, 5.74) is 1.57. The van der Waals surface area contributed by atoms with Gasteiger partial charge in [-0.1, -0.05) is 66.7 Å². The molecule has 1 aliphatic rings. The lowest BCUT2D eigenvalue weighted by atomic mass is 10.1. The predicted octanol–water partition coefficient (Wildman–Crippen LogP) is 3.37. The molecule has 0 saturated carbocycles. The van der Waals surface area contributed by atoms with E-state index in [2.05, 4.69) is 10.6 Å². The third-order valence-electron chi connectivity index (χ3n) is 4.44. The highest BCUT2D eigenvalue weighted by atomic mass is 16.2. The first-order valence-corrected chi connectivity index (χ1v) is 8.79. The number of hydrogen-bond donors (Lipinski definition) is 2. The second-order valence-electron chi connectivity index (χ2n) is 6.37. The molecule has 1 saturated heterocycles. The van der Waals surface area contributed by atoms with Gasteiger partial charge in [-0.3, -0.25) is 9.59 Å². The lowest BCUT2D eigenvalue weighted by molar-refractivity contribution is -0.127. The molecule has 0 aliphatic carbocycles. The van der Waals surface area contributed by atoms with Crippen molar-refractivity contribution in [1.82, 2.24) is 10.2 Å². The minimum absolute atomic E-state index is 0.147.